The van der Waals surface area contributed by atoms with Crippen LogP contribution in [0.3, 0.4) is 0 Å². The number of hydrogen-bond donors (Lipinski definition) is 0. The molecule has 0 amide bonds. The first-order valence-corrected chi connectivity index (χ1v) is 12.5. The van der Waals surface area contributed by atoms with Gasteiger partial charge < -0.3 is 4.74 Å². The van der Waals surface area contributed by atoms with Crippen LogP contribution in [0.1, 0.15) is 23.0 Å². The zero-order chi connectivity index (χ0) is 18.0. The van der Waals surface area contributed by atoms with Gasteiger partial charge in [-0.05, 0) is 17.2 Å². The predicted molar refractivity (Wildman–Crippen MR) is 106 cm³/mol. The van der Waals surface area contributed by atoms with E-state index in [0.29, 0.717) is 0 Å². The fraction of sp³-hybridized carbons (Fsp3) is 0.318. The summed E-state index contributed by atoms with van der Waals surface area (Å²) < 4.78 is 5.84. The molecule has 25 heavy (non-hydrogen) atoms. The van der Waals surface area contributed by atoms with Gasteiger partial charge in [0.25, 0.3) is 0 Å². The van der Waals surface area contributed by atoms with E-state index < -0.39 is 8.07 Å². The van der Waals surface area contributed by atoms with Crippen LogP contribution in [0.2, 0.25) is 25.7 Å². The summed E-state index contributed by atoms with van der Waals surface area (Å²) in [6, 6.07) is 21.3. The first kappa shape index (κ1) is 17.7. The molecule has 1 aliphatic carbocycles. The summed E-state index contributed by atoms with van der Waals surface area (Å²) in [6.07, 6.45) is 0. The second-order valence-corrected chi connectivity index (χ2v) is 13.4. The van der Waals surface area contributed by atoms with Crippen LogP contribution in [0.5, 0.6) is 0 Å². The van der Waals surface area contributed by atoms with Crippen molar-refractivity contribution in [1.29, 1.82) is 0 Å². The molecule has 0 heterocycles. The van der Waals surface area contributed by atoms with Gasteiger partial charge in [0.15, 0.2) is 5.78 Å². The number of benzene rings is 2. The van der Waals surface area contributed by atoms with E-state index in [4.69, 9.17) is 4.74 Å². The van der Waals surface area contributed by atoms with Crippen LogP contribution >= 0.6 is 0 Å². The van der Waals surface area contributed by atoms with E-state index >= 15 is 0 Å². The zero-order valence-electron chi connectivity index (χ0n) is 15.5. The maximum atomic E-state index is 13.4. The minimum Gasteiger partial charge on any atom is -0.500 e. The van der Waals surface area contributed by atoms with Gasteiger partial charge in [-0.2, -0.15) is 0 Å². The third-order valence-electron chi connectivity index (χ3n) is 4.74. The molecule has 0 spiro atoms. The Morgan fingerprint density at radius 1 is 0.840 bits per heavy atom. The van der Waals surface area contributed by atoms with Gasteiger partial charge in [0.1, 0.15) is 5.76 Å². The van der Waals surface area contributed by atoms with Gasteiger partial charge in [-0.15, -0.1) is 0 Å². The lowest BCUT2D eigenvalue weighted by molar-refractivity contribution is -0.116. The minimum absolute atomic E-state index is 0.0348. The highest BCUT2D eigenvalue weighted by Gasteiger charge is 2.45. The van der Waals surface area contributed by atoms with Crippen LogP contribution < -0.4 is 0 Å². The maximum absolute atomic E-state index is 13.4. The van der Waals surface area contributed by atoms with Crippen molar-refractivity contribution in [2.75, 3.05) is 7.11 Å². The van der Waals surface area contributed by atoms with Crippen LogP contribution in [-0.4, -0.2) is 21.0 Å². The number of rotatable bonds is 5. The lowest BCUT2D eigenvalue weighted by Crippen LogP contribution is -2.23. The Hall–Kier alpha value is -2.13. The molecule has 2 aromatic rings. The molecule has 2 aromatic carbocycles. The normalized spacial score (nSPS) is 20.9. The van der Waals surface area contributed by atoms with Crippen molar-refractivity contribution in [2.45, 2.75) is 37.5 Å². The Balaban J connectivity index is 2.14. The van der Waals surface area contributed by atoms with E-state index in [1.54, 1.807) is 7.11 Å². The molecule has 0 saturated carbocycles. The monoisotopic (exact) mass is 350 g/mol. The minimum atomic E-state index is -1.44. The number of methoxy groups -OCH3 is 1. The molecule has 130 valence electrons. The summed E-state index contributed by atoms with van der Waals surface area (Å²) in [5.41, 5.74) is 3.12. The highest BCUT2D eigenvalue weighted by atomic mass is 28.3. The number of allylic oxidation sites excluding steroid dienone is 2. The Bertz CT molecular complexity index is 773. The number of Topliss-reactive ketones (excluding diaryl/α,β-unsaturated/α-hetero) is 1. The number of ketones is 1. The molecule has 0 saturated heterocycles. The lowest BCUT2D eigenvalue weighted by Gasteiger charge is -2.22. The van der Waals surface area contributed by atoms with Crippen molar-refractivity contribution in [1.82, 2.24) is 0 Å². The van der Waals surface area contributed by atoms with E-state index in [1.165, 1.54) is 0 Å². The number of carbonyl (C=O) groups excluding carboxylic acids is 1. The van der Waals surface area contributed by atoms with Crippen molar-refractivity contribution >= 4 is 13.9 Å². The van der Waals surface area contributed by atoms with Gasteiger partial charge >= 0.3 is 0 Å². The van der Waals surface area contributed by atoms with Crippen molar-refractivity contribution in [3.8, 4) is 0 Å². The Morgan fingerprint density at radius 2 is 1.32 bits per heavy atom. The summed E-state index contributed by atoms with van der Waals surface area (Å²) in [7, 11) is 0.263. The van der Waals surface area contributed by atoms with Gasteiger partial charge in [0.05, 0.1) is 18.9 Å². The first-order chi connectivity index (χ1) is 11.9. The molecule has 1 aliphatic rings. The molecule has 0 aromatic heterocycles. The predicted octanol–water partition coefficient (Wildman–Crippen LogP) is 5.38. The van der Waals surface area contributed by atoms with Crippen LogP contribution in [0, 0.1) is 0 Å². The number of carbonyl (C=O) groups is 1. The average molecular weight is 351 g/mol. The third-order valence-corrected chi connectivity index (χ3v) is 6.15. The molecule has 3 heteroatoms. The molecular formula is C22H26O2Si. The lowest BCUT2D eigenvalue weighted by atomic mass is 9.82. The van der Waals surface area contributed by atoms with E-state index in [0.717, 1.165) is 28.5 Å². The quantitative estimate of drug-likeness (QED) is 0.677. The van der Waals surface area contributed by atoms with Crippen LogP contribution in [0.15, 0.2) is 72.0 Å². The molecule has 2 atom stereocenters. The smallest absolute Gasteiger partial charge is 0.170 e. The number of ether oxygens (including phenoxy) is 1. The first-order valence-electron chi connectivity index (χ1n) is 8.83. The molecule has 2 nitrogen and oxygen atoms in total. The molecule has 0 radical (unpaired) electrons. The zero-order valence-corrected chi connectivity index (χ0v) is 16.5. The summed E-state index contributed by atoms with van der Waals surface area (Å²) in [5, 5.41) is 0. The molecule has 3 rings (SSSR count). The fourth-order valence-corrected chi connectivity index (χ4v) is 5.17. The van der Waals surface area contributed by atoms with E-state index in [2.05, 4.69) is 43.9 Å². The molecule has 0 N–H and O–H groups in total. The highest BCUT2D eigenvalue weighted by molar-refractivity contribution is 6.77. The fourth-order valence-electron chi connectivity index (χ4n) is 3.76. The van der Waals surface area contributed by atoms with Crippen molar-refractivity contribution in [2.24, 2.45) is 0 Å². The standard InChI is InChI=1S/C22H26O2Si/c1-24-22-18(15-25(2,3)4)21(23)19(16-11-7-5-8-12-16)20(22)17-13-9-6-10-14-17/h5-14,19-20H,15H2,1-4H3/t19-,20-/m1/s1. The van der Waals surface area contributed by atoms with Gasteiger partial charge in [-0.25, -0.2) is 0 Å². The van der Waals surface area contributed by atoms with Crippen LogP contribution in [-0.2, 0) is 9.53 Å². The van der Waals surface area contributed by atoms with E-state index in [9.17, 15) is 4.79 Å². The van der Waals surface area contributed by atoms with E-state index in [-0.39, 0.29) is 17.6 Å². The molecule has 0 aliphatic heterocycles. The topological polar surface area (TPSA) is 26.3 Å². The van der Waals surface area contributed by atoms with Crippen molar-refractivity contribution in [3.05, 3.63) is 83.1 Å². The SMILES string of the molecule is COC1=C(C[Si](C)(C)C)C(=O)[C@H](c2ccccc2)[C@H]1c1ccccc1. The third kappa shape index (κ3) is 3.61. The molecule has 0 fully saturated rings. The maximum Gasteiger partial charge on any atom is 0.170 e. The van der Waals surface area contributed by atoms with Crippen LogP contribution in [0.25, 0.3) is 0 Å². The van der Waals surface area contributed by atoms with Crippen LogP contribution in [0.4, 0.5) is 0 Å². The molecule has 0 bridgehead atoms. The Labute approximate surface area is 151 Å². The largest absolute Gasteiger partial charge is 0.500 e. The summed E-state index contributed by atoms with van der Waals surface area (Å²) in [5.74, 6) is 0.879. The summed E-state index contributed by atoms with van der Waals surface area (Å²) >= 11 is 0. The summed E-state index contributed by atoms with van der Waals surface area (Å²) in [4.78, 5) is 13.4. The Morgan fingerprint density at radius 3 is 1.76 bits per heavy atom. The molecular weight excluding hydrogens is 324 g/mol. The Kier molecular flexibility index (Phi) is 4.95. The van der Waals surface area contributed by atoms with Gasteiger partial charge in [-0.3, -0.25) is 4.79 Å². The van der Waals surface area contributed by atoms with Gasteiger partial charge in [0.2, 0.25) is 0 Å². The molecule has 0 unspecified atom stereocenters. The highest BCUT2D eigenvalue weighted by Crippen LogP contribution is 2.49. The van der Waals surface area contributed by atoms with E-state index in [1.807, 2.05) is 36.4 Å². The van der Waals surface area contributed by atoms with Crippen molar-refractivity contribution < 1.29 is 9.53 Å². The van der Waals surface area contributed by atoms with Crippen molar-refractivity contribution in [3.63, 3.8) is 0 Å². The number of hydrogen-bond acceptors (Lipinski definition) is 2. The second kappa shape index (κ2) is 7.01. The van der Waals surface area contributed by atoms with Gasteiger partial charge in [-0.1, -0.05) is 80.3 Å². The van der Waals surface area contributed by atoms with Gasteiger partial charge in [0, 0.05) is 13.6 Å². The second-order valence-electron chi connectivity index (χ2n) is 7.93. The average Bonchev–Trinajstić information content (AvgIpc) is 2.87. The summed E-state index contributed by atoms with van der Waals surface area (Å²) in [6.45, 7) is 6.90.